The van der Waals surface area contributed by atoms with Crippen LogP contribution in [0.2, 0.25) is 0 Å². The molecule has 0 bridgehead atoms. The SMILES string of the molecule is CCCC[C@H]1CN(CCO)[C@@H]1C(=O)N[C@@H]([C@@H](C)[C@H](O)[C@H](O)[C@@H](O)[C@H](O)SC)[C@H](C)Cl. The molecule has 0 aromatic carbocycles. The maximum absolute atomic E-state index is 13.1. The molecule has 0 spiro atoms. The monoisotopic (exact) mass is 470 g/mol. The fourth-order valence-corrected chi connectivity index (χ4v) is 4.81. The number of nitrogens with one attached hydrogen (secondary N) is 1. The number of β-amino-alcohol motifs (C(OH)–C–C–N with tert-alkyl or cyclic N) is 1. The highest BCUT2D eigenvalue weighted by molar-refractivity contribution is 7.99. The summed E-state index contributed by atoms with van der Waals surface area (Å²) < 4.78 is 0. The molecule has 8 nitrogen and oxygen atoms in total. The molecular weight excluding hydrogens is 432 g/mol. The van der Waals surface area contributed by atoms with Gasteiger partial charge in [0.1, 0.15) is 17.6 Å². The molecule has 0 aliphatic carbocycles. The number of hydrogen-bond donors (Lipinski definition) is 6. The smallest absolute Gasteiger partial charge is 0.237 e. The van der Waals surface area contributed by atoms with Gasteiger partial charge in [-0.1, -0.05) is 26.7 Å². The first kappa shape index (κ1) is 27.9. The zero-order valence-corrected chi connectivity index (χ0v) is 19.9. The summed E-state index contributed by atoms with van der Waals surface area (Å²) in [5.41, 5.74) is -1.25. The summed E-state index contributed by atoms with van der Waals surface area (Å²) in [6.07, 6.45) is 0.0256. The van der Waals surface area contributed by atoms with E-state index in [-0.39, 0.29) is 24.5 Å². The molecule has 1 rings (SSSR count). The van der Waals surface area contributed by atoms with E-state index < -0.39 is 41.1 Å². The average molecular weight is 471 g/mol. The van der Waals surface area contributed by atoms with Gasteiger partial charge < -0.3 is 30.8 Å². The summed E-state index contributed by atoms with van der Waals surface area (Å²) in [4.78, 5) is 15.0. The lowest BCUT2D eigenvalue weighted by Crippen LogP contribution is -2.65. The van der Waals surface area contributed by atoms with Gasteiger partial charge in [0.25, 0.3) is 0 Å². The van der Waals surface area contributed by atoms with E-state index in [1.54, 1.807) is 20.1 Å². The van der Waals surface area contributed by atoms with Crippen molar-refractivity contribution in [3.05, 3.63) is 0 Å². The third-order valence-corrected chi connectivity index (χ3v) is 7.07. The number of amides is 1. The minimum Gasteiger partial charge on any atom is -0.395 e. The highest BCUT2D eigenvalue weighted by Crippen LogP contribution is 2.30. The fraction of sp³-hybridized carbons (Fsp3) is 0.950. The molecular formula is C20H39ClN2O6S. The van der Waals surface area contributed by atoms with E-state index in [0.717, 1.165) is 37.6 Å². The van der Waals surface area contributed by atoms with Gasteiger partial charge in [-0.15, -0.1) is 23.4 Å². The van der Waals surface area contributed by atoms with Crippen LogP contribution < -0.4 is 5.32 Å². The quantitative estimate of drug-likeness (QED) is 0.154. The average Bonchev–Trinajstić information content (AvgIpc) is 2.70. The molecule has 0 aromatic heterocycles. The number of carbonyl (C=O) groups is 1. The van der Waals surface area contributed by atoms with Crippen molar-refractivity contribution in [2.24, 2.45) is 11.8 Å². The van der Waals surface area contributed by atoms with E-state index in [9.17, 15) is 30.3 Å². The molecule has 1 fully saturated rings. The first-order chi connectivity index (χ1) is 14.1. The molecule has 30 heavy (non-hydrogen) atoms. The predicted molar refractivity (Wildman–Crippen MR) is 119 cm³/mol. The number of aliphatic hydroxyl groups is 5. The first-order valence-corrected chi connectivity index (χ1v) is 12.4. The van der Waals surface area contributed by atoms with E-state index in [0.29, 0.717) is 6.54 Å². The summed E-state index contributed by atoms with van der Waals surface area (Å²) in [5.74, 6) is -0.695. The van der Waals surface area contributed by atoms with Crippen molar-refractivity contribution in [3.63, 3.8) is 0 Å². The Morgan fingerprint density at radius 2 is 1.83 bits per heavy atom. The first-order valence-electron chi connectivity index (χ1n) is 10.6. The number of carbonyl (C=O) groups excluding carboxylic acids is 1. The number of hydrogen-bond acceptors (Lipinski definition) is 8. The zero-order valence-electron chi connectivity index (χ0n) is 18.3. The molecule has 9 atom stereocenters. The Labute approximate surface area is 189 Å². The van der Waals surface area contributed by atoms with Gasteiger partial charge in [-0.25, -0.2) is 0 Å². The van der Waals surface area contributed by atoms with Crippen LogP contribution in [-0.2, 0) is 4.79 Å². The van der Waals surface area contributed by atoms with E-state index in [2.05, 4.69) is 12.2 Å². The molecule has 0 radical (unpaired) electrons. The van der Waals surface area contributed by atoms with Crippen LogP contribution >= 0.6 is 23.4 Å². The van der Waals surface area contributed by atoms with Crippen LogP contribution in [0.5, 0.6) is 0 Å². The molecule has 10 heteroatoms. The number of nitrogens with zero attached hydrogens (tertiary/aromatic N) is 1. The molecule has 1 aliphatic rings. The van der Waals surface area contributed by atoms with Crippen molar-refractivity contribution >= 4 is 29.3 Å². The molecule has 1 saturated heterocycles. The zero-order chi connectivity index (χ0) is 23.0. The van der Waals surface area contributed by atoms with E-state index >= 15 is 0 Å². The van der Waals surface area contributed by atoms with Crippen molar-refractivity contribution in [2.75, 3.05) is 26.0 Å². The van der Waals surface area contributed by atoms with Crippen LogP contribution in [0.4, 0.5) is 0 Å². The third-order valence-electron chi connectivity index (χ3n) is 6.04. The summed E-state index contributed by atoms with van der Waals surface area (Å²) >= 11 is 7.26. The maximum atomic E-state index is 13.1. The van der Waals surface area contributed by atoms with E-state index in [1.165, 1.54) is 0 Å². The number of unbranched alkanes of at least 4 members (excludes halogenated alkanes) is 1. The minimum atomic E-state index is -1.59. The number of thioether (sulfide) groups is 1. The van der Waals surface area contributed by atoms with Gasteiger partial charge in [0, 0.05) is 19.0 Å². The van der Waals surface area contributed by atoms with Gasteiger partial charge in [-0.05, 0) is 25.5 Å². The summed E-state index contributed by atoms with van der Waals surface area (Å²) in [5, 5.41) is 52.2. The Balaban J connectivity index is 2.86. The van der Waals surface area contributed by atoms with Crippen LogP contribution in [0, 0.1) is 11.8 Å². The number of alkyl halides is 1. The van der Waals surface area contributed by atoms with Gasteiger partial charge in [-0.2, -0.15) is 0 Å². The van der Waals surface area contributed by atoms with Gasteiger partial charge in [0.2, 0.25) is 5.91 Å². The van der Waals surface area contributed by atoms with Crippen molar-refractivity contribution in [1.82, 2.24) is 10.2 Å². The Kier molecular flexibility index (Phi) is 12.5. The number of aliphatic hydroxyl groups excluding tert-OH is 5. The van der Waals surface area contributed by atoms with Crippen LogP contribution in [0.1, 0.15) is 40.0 Å². The van der Waals surface area contributed by atoms with Gasteiger partial charge in [0.15, 0.2) is 0 Å². The molecule has 1 amide bonds. The Morgan fingerprint density at radius 3 is 2.33 bits per heavy atom. The lowest BCUT2D eigenvalue weighted by molar-refractivity contribution is -0.139. The van der Waals surface area contributed by atoms with Crippen molar-refractivity contribution < 1.29 is 30.3 Å². The second-order valence-electron chi connectivity index (χ2n) is 8.23. The topological polar surface area (TPSA) is 133 Å². The number of halogens is 1. The van der Waals surface area contributed by atoms with Crippen LogP contribution in [0.25, 0.3) is 0 Å². The Morgan fingerprint density at radius 1 is 1.20 bits per heavy atom. The van der Waals surface area contributed by atoms with Gasteiger partial charge in [-0.3, -0.25) is 9.69 Å². The second kappa shape index (κ2) is 13.4. The van der Waals surface area contributed by atoms with Crippen molar-refractivity contribution in [1.29, 1.82) is 0 Å². The number of rotatable bonds is 14. The summed E-state index contributed by atoms with van der Waals surface area (Å²) in [6.45, 7) is 6.57. The van der Waals surface area contributed by atoms with Gasteiger partial charge in [0.05, 0.1) is 30.2 Å². The summed E-state index contributed by atoms with van der Waals surface area (Å²) in [7, 11) is 0. The summed E-state index contributed by atoms with van der Waals surface area (Å²) in [6, 6.07) is -1.02. The molecule has 1 heterocycles. The molecule has 0 unspecified atom stereocenters. The normalized spacial score (nSPS) is 26.7. The van der Waals surface area contributed by atoms with Crippen LogP contribution in [0.3, 0.4) is 0 Å². The fourth-order valence-electron chi connectivity index (χ4n) is 4.08. The highest BCUT2D eigenvalue weighted by Gasteiger charge is 2.45. The third kappa shape index (κ3) is 7.20. The van der Waals surface area contributed by atoms with E-state index in [4.69, 9.17) is 11.6 Å². The number of likely N-dealkylation sites (tertiary alicyclic amines) is 1. The Hall–Kier alpha value is -0.130. The lowest BCUT2D eigenvalue weighted by atomic mass is 9.82. The van der Waals surface area contributed by atoms with E-state index in [1.807, 2.05) is 4.90 Å². The molecule has 0 aromatic rings. The van der Waals surface area contributed by atoms with Crippen molar-refractivity contribution in [2.45, 2.75) is 81.2 Å². The van der Waals surface area contributed by atoms with Crippen LogP contribution in [0.15, 0.2) is 0 Å². The predicted octanol–water partition coefficient (Wildman–Crippen LogP) is -0.0184. The second-order valence-corrected chi connectivity index (χ2v) is 9.88. The van der Waals surface area contributed by atoms with Crippen LogP contribution in [-0.4, -0.2) is 104 Å². The molecule has 6 N–H and O–H groups in total. The van der Waals surface area contributed by atoms with Gasteiger partial charge >= 0.3 is 0 Å². The standard InChI is InChI=1S/C20H39ClN2O6S/c1-5-6-7-13-10-23(8-9-24)15(13)19(28)22-14(12(3)21)11(2)16(25)17(26)18(27)20(29)30-4/h11-18,20,24-27,29H,5-10H2,1-4H3,(H,22,28)/t11-,12+,13+,14+,15+,16+,17+,18-,20-/m1/s1. The highest BCUT2D eigenvalue weighted by atomic mass is 35.5. The molecule has 1 aliphatic heterocycles. The minimum absolute atomic E-state index is 0.0312. The molecule has 178 valence electrons. The largest absolute Gasteiger partial charge is 0.395 e. The van der Waals surface area contributed by atoms with Crippen molar-refractivity contribution in [3.8, 4) is 0 Å². The Bertz CT molecular complexity index is 518. The lowest BCUT2D eigenvalue weighted by Gasteiger charge is -2.48. The molecule has 0 saturated carbocycles. The maximum Gasteiger partial charge on any atom is 0.237 e.